The summed E-state index contributed by atoms with van der Waals surface area (Å²) in [5, 5.41) is 7.99. The number of carbonyl (C=O) groups is 1. The first kappa shape index (κ1) is 24.0. The van der Waals surface area contributed by atoms with E-state index in [1.807, 2.05) is 10.9 Å². The second kappa shape index (κ2) is 9.98. The van der Waals surface area contributed by atoms with Crippen molar-refractivity contribution in [1.82, 2.24) is 24.6 Å². The Morgan fingerprint density at radius 3 is 2.53 bits per heavy atom. The number of nitrogens with zero attached hydrogens (tertiary/aromatic N) is 5. The van der Waals surface area contributed by atoms with Crippen molar-refractivity contribution in [2.75, 3.05) is 51.7 Å². The quantitative estimate of drug-likeness (QED) is 0.564. The smallest absolute Gasteiger partial charge is 0.433 e. The van der Waals surface area contributed by atoms with Gasteiger partial charge in [-0.05, 0) is 24.7 Å². The minimum atomic E-state index is -4.63. The van der Waals surface area contributed by atoms with Crippen molar-refractivity contribution in [1.29, 1.82) is 0 Å². The van der Waals surface area contributed by atoms with Crippen LogP contribution in [0, 0.1) is 0 Å². The molecule has 1 saturated heterocycles. The van der Waals surface area contributed by atoms with E-state index in [-0.39, 0.29) is 5.69 Å². The molecule has 2 aromatic heterocycles. The lowest BCUT2D eigenvalue weighted by Gasteiger charge is -2.33. The van der Waals surface area contributed by atoms with Crippen molar-refractivity contribution >= 4 is 22.5 Å². The van der Waals surface area contributed by atoms with Crippen molar-refractivity contribution < 1.29 is 22.7 Å². The molecule has 8 nitrogen and oxygen atoms in total. The number of methoxy groups -OCH3 is 1. The molecule has 1 aromatic carbocycles. The van der Waals surface area contributed by atoms with E-state index in [9.17, 15) is 18.0 Å². The van der Waals surface area contributed by atoms with Gasteiger partial charge in [-0.1, -0.05) is 13.0 Å². The number of likely N-dealkylation sites (N-methyl/N-ethyl adjacent to an activating group) is 1. The average Bonchev–Trinajstić information content (AvgIpc) is 3.23. The minimum Gasteiger partial charge on any atom is -0.494 e. The number of aromatic nitrogens is 3. The summed E-state index contributed by atoms with van der Waals surface area (Å²) in [6.07, 6.45) is -2.75. The van der Waals surface area contributed by atoms with Crippen molar-refractivity contribution in [2.45, 2.75) is 19.6 Å². The molecule has 3 heterocycles. The van der Waals surface area contributed by atoms with Crippen molar-refractivity contribution in [2.24, 2.45) is 0 Å². The molecule has 1 aliphatic rings. The molecule has 34 heavy (non-hydrogen) atoms. The lowest BCUT2D eigenvalue weighted by atomic mass is 10.2. The summed E-state index contributed by atoms with van der Waals surface area (Å²) in [5.41, 5.74) is -0.437. The summed E-state index contributed by atoms with van der Waals surface area (Å²) in [7, 11) is 1.45. The largest absolute Gasteiger partial charge is 0.494 e. The third kappa shape index (κ3) is 5.48. The van der Waals surface area contributed by atoms with E-state index in [1.165, 1.54) is 13.2 Å². The van der Waals surface area contributed by atoms with Crippen molar-refractivity contribution in [3.8, 4) is 5.75 Å². The van der Waals surface area contributed by atoms with Gasteiger partial charge in [0, 0.05) is 50.4 Å². The van der Waals surface area contributed by atoms with Gasteiger partial charge in [-0.3, -0.25) is 14.4 Å². The molecule has 0 saturated carbocycles. The van der Waals surface area contributed by atoms with E-state index in [4.69, 9.17) is 4.74 Å². The van der Waals surface area contributed by atoms with Gasteiger partial charge in [0.2, 0.25) is 0 Å². The maximum absolute atomic E-state index is 12.9. The van der Waals surface area contributed by atoms with Gasteiger partial charge in [0.05, 0.1) is 24.9 Å². The number of carbonyl (C=O) groups excluding carboxylic acids is 1. The molecule has 182 valence electrons. The molecule has 3 aromatic rings. The molecule has 0 aliphatic carbocycles. The van der Waals surface area contributed by atoms with Gasteiger partial charge < -0.3 is 15.0 Å². The van der Waals surface area contributed by atoms with Crippen LogP contribution in [-0.4, -0.2) is 76.8 Å². The van der Waals surface area contributed by atoms with E-state index in [0.717, 1.165) is 63.3 Å². The minimum absolute atomic E-state index is 0.328. The number of hydrogen-bond donors (Lipinski definition) is 1. The highest BCUT2D eigenvalue weighted by Crippen LogP contribution is 2.31. The van der Waals surface area contributed by atoms with E-state index >= 15 is 0 Å². The molecule has 0 spiro atoms. The number of alkyl halides is 3. The van der Waals surface area contributed by atoms with Gasteiger partial charge in [0.1, 0.15) is 17.1 Å². The van der Waals surface area contributed by atoms with Gasteiger partial charge in [-0.2, -0.15) is 18.3 Å². The van der Waals surface area contributed by atoms with Crippen LogP contribution in [0.3, 0.4) is 0 Å². The summed E-state index contributed by atoms with van der Waals surface area (Å²) in [5.74, 6) is -0.406. The van der Waals surface area contributed by atoms with Gasteiger partial charge in [0.15, 0.2) is 0 Å². The number of amides is 1. The number of rotatable bonds is 7. The number of hydrogen-bond acceptors (Lipinski definition) is 6. The number of benzene rings is 1. The van der Waals surface area contributed by atoms with Gasteiger partial charge in [0.25, 0.3) is 5.91 Å². The van der Waals surface area contributed by atoms with Crippen LogP contribution in [0.25, 0.3) is 10.9 Å². The molecule has 1 N–H and O–H groups in total. The van der Waals surface area contributed by atoms with Crippen LogP contribution in [0.5, 0.6) is 5.75 Å². The van der Waals surface area contributed by atoms with E-state index in [2.05, 4.69) is 32.1 Å². The Morgan fingerprint density at radius 2 is 1.85 bits per heavy atom. The Bertz CT molecular complexity index is 1160. The molecular weight excluding hydrogens is 449 g/mol. The van der Waals surface area contributed by atoms with Gasteiger partial charge >= 0.3 is 6.18 Å². The number of halogens is 3. The maximum atomic E-state index is 12.9. The fourth-order valence-electron chi connectivity index (χ4n) is 3.96. The summed E-state index contributed by atoms with van der Waals surface area (Å²) < 4.78 is 46.1. The third-order valence-electron chi connectivity index (χ3n) is 5.95. The fraction of sp³-hybridized carbons (Fsp3) is 0.435. The molecule has 1 aliphatic heterocycles. The maximum Gasteiger partial charge on any atom is 0.433 e. The Labute approximate surface area is 195 Å². The molecular formula is C23H27F3N6O2. The van der Waals surface area contributed by atoms with Crippen LogP contribution < -0.4 is 10.1 Å². The highest BCUT2D eigenvalue weighted by molar-refractivity contribution is 6.05. The summed E-state index contributed by atoms with van der Waals surface area (Å²) in [4.78, 5) is 20.9. The van der Waals surface area contributed by atoms with Crippen LogP contribution >= 0.6 is 0 Å². The second-order valence-corrected chi connectivity index (χ2v) is 8.14. The van der Waals surface area contributed by atoms with Crippen LogP contribution in [0.2, 0.25) is 0 Å². The fourth-order valence-corrected chi connectivity index (χ4v) is 3.96. The zero-order valence-corrected chi connectivity index (χ0v) is 19.1. The van der Waals surface area contributed by atoms with Crippen molar-refractivity contribution in [3.05, 3.63) is 47.9 Å². The normalized spacial score (nSPS) is 15.6. The van der Waals surface area contributed by atoms with Gasteiger partial charge in [-0.15, -0.1) is 0 Å². The highest BCUT2D eigenvalue weighted by Gasteiger charge is 2.33. The topological polar surface area (TPSA) is 75.5 Å². The average molecular weight is 477 g/mol. The van der Waals surface area contributed by atoms with Crippen LogP contribution in [0.1, 0.15) is 23.1 Å². The number of piperazine rings is 1. The molecule has 0 atom stereocenters. The summed E-state index contributed by atoms with van der Waals surface area (Å²) in [6, 6.07) is 6.59. The third-order valence-corrected chi connectivity index (χ3v) is 5.95. The number of anilines is 1. The van der Waals surface area contributed by atoms with E-state index in [0.29, 0.717) is 17.0 Å². The lowest BCUT2D eigenvalue weighted by Crippen LogP contribution is -2.46. The Kier molecular flexibility index (Phi) is 7.03. The molecule has 0 unspecified atom stereocenters. The van der Waals surface area contributed by atoms with Gasteiger partial charge in [-0.25, -0.2) is 4.98 Å². The first-order valence-corrected chi connectivity index (χ1v) is 11.1. The monoisotopic (exact) mass is 476 g/mol. The Morgan fingerprint density at radius 1 is 1.12 bits per heavy atom. The second-order valence-electron chi connectivity index (χ2n) is 8.14. The number of pyridine rings is 1. The first-order chi connectivity index (χ1) is 16.3. The van der Waals surface area contributed by atoms with Crippen LogP contribution in [0.15, 0.2) is 36.5 Å². The summed E-state index contributed by atoms with van der Waals surface area (Å²) in [6.45, 7) is 9.04. The zero-order chi connectivity index (χ0) is 24.3. The van der Waals surface area contributed by atoms with Crippen molar-refractivity contribution in [3.63, 3.8) is 0 Å². The van der Waals surface area contributed by atoms with E-state index < -0.39 is 17.8 Å². The van der Waals surface area contributed by atoms with E-state index in [1.54, 1.807) is 12.1 Å². The molecule has 4 rings (SSSR count). The molecule has 11 heteroatoms. The molecule has 1 fully saturated rings. The molecule has 0 bridgehead atoms. The Hall–Kier alpha value is -3.18. The highest BCUT2D eigenvalue weighted by atomic mass is 19.4. The number of fused-ring (bicyclic) bond motifs is 1. The SMILES string of the molecule is CCN1CCN(CCn2cc3cc(NC(=O)c4cccc(C(F)(F)F)n4)c(OC)cc3n2)CC1. The predicted octanol–water partition coefficient (Wildman–Crippen LogP) is 3.35. The zero-order valence-electron chi connectivity index (χ0n) is 19.1. The molecule has 0 radical (unpaired) electrons. The number of nitrogens with one attached hydrogen (secondary N) is 1. The number of ether oxygens (including phenoxy) is 1. The standard InChI is InChI=1S/C23H27F3N6O2/c1-3-30-7-9-31(10-8-30)11-12-32-15-16-13-19(20(34-2)14-18(16)29-32)28-22(33)17-5-4-6-21(27-17)23(24,25)26/h4-6,13-15H,3,7-12H2,1-2H3,(H,28,33). The summed E-state index contributed by atoms with van der Waals surface area (Å²) >= 11 is 0. The Balaban J connectivity index is 1.47. The lowest BCUT2D eigenvalue weighted by molar-refractivity contribution is -0.141. The molecule has 1 amide bonds. The van der Waals surface area contributed by atoms with Crippen LogP contribution in [-0.2, 0) is 12.7 Å². The van der Waals surface area contributed by atoms with Crippen LogP contribution in [0.4, 0.5) is 18.9 Å². The first-order valence-electron chi connectivity index (χ1n) is 11.1. The predicted molar refractivity (Wildman–Crippen MR) is 122 cm³/mol.